The second kappa shape index (κ2) is 5.43. The minimum atomic E-state index is 0.758. The van der Waals surface area contributed by atoms with Gasteiger partial charge >= 0.3 is 0 Å². The SMILES string of the molecule is CNC/C=N/OC. The van der Waals surface area contributed by atoms with E-state index in [0.717, 1.165) is 6.54 Å². The molecule has 0 aliphatic heterocycles. The van der Waals surface area contributed by atoms with Crippen molar-refractivity contribution in [3.63, 3.8) is 0 Å². The molecule has 0 aromatic rings. The average Bonchev–Trinajstić information content (AvgIpc) is 1.69. The number of rotatable bonds is 3. The van der Waals surface area contributed by atoms with E-state index in [-0.39, 0.29) is 0 Å². The van der Waals surface area contributed by atoms with Gasteiger partial charge < -0.3 is 10.2 Å². The van der Waals surface area contributed by atoms with Gasteiger partial charge in [-0.25, -0.2) is 0 Å². The smallest absolute Gasteiger partial charge is 0.106 e. The number of nitrogens with one attached hydrogen (secondary N) is 1. The largest absolute Gasteiger partial charge is 0.399 e. The van der Waals surface area contributed by atoms with Crippen LogP contribution in [-0.4, -0.2) is 26.9 Å². The van der Waals surface area contributed by atoms with Crippen molar-refractivity contribution in [1.29, 1.82) is 0 Å². The van der Waals surface area contributed by atoms with Gasteiger partial charge in [0.15, 0.2) is 0 Å². The fourth-order valence-corrected chi connectivity index (χ4v) is 0.203. The second-order valence-electron chi connectivity index (χ2n) is 1.03. The van der Waals surface area contributed by atoms with Crippen LogP contribution in [0.3, 0.4) is 0 Å². The van der Waals surface area contributed by atoms with Crippen LogP contribution in [0.4, 0.5) is 0 Å². The quantitative estimate of drug-likeness (QED) is 0.397. The summed E-state index contributed by atoms with van der Waals surface area (Å²) in [4.78, 5) is 4.37. The fourth-order valence-electron chi connectivity index (χ4n) is 0.203. The first-order valence-electron chi connectivity index (χ1n) is 2.11. The Labute approximate surface area is 43.3 Å². The minimum Gasteiger partial charge on any atom is -0.399 e. The second-order valence-corrected chi connectivity index (χ2v) is 1.03. The topological polar surface area (TPSA) is 33.6 Å². The summed E-state index contributed by atoms with van der Waals surface area (Å²) in [7, 11) is 3.37. The van der Waals surface area contributed by atoms with Crippen LogP contribution in [0.15, 0.2) is 5.16 Å². The van der Waals surface area contributed by atoms with Crippen LogP contribution in [-0.2, 0) is 4.84 Å². The Balaban J connectivity index is 2.78. The van der Waals surface area contributed by atoms with Crippen molar-refractivity contribution < 1.29 is 4.84 Å². The summed E-state index contributed by atoms with van der Waals surface area (Å²) in [5.41, 5.74) is 0. The molecule has 0 bridgehead atoms. The summed E-state index contributed by atoms with van der Waals surface area (Å²) in [6, 6.07) is 0. The number of oxime groups is 1. The molecule has 7 heavy (non-hydrogen) atoms. The van der Waals surface area contributed by atoms with E-state index in [1.165, 1.54) is 7.11 Å². The lowest BCUT2D eigenvalue weighted by molar-refractivity contribution is 0.215. The molecular formula is C4H10N2O. The standard InChI is InChI=1S/C4H10N2O/c1-5-3-4-6-7-2/h4-5H,3H2,1-2H3/b6-4+. The van der Waals surface area contributed by atoms with Crippen LogP contribution in [0.5, 0.6) is 0 Å². The van der Waals surface area contributed by atoms with Crippen molar-refractivity contribution in [1.82, 2.24) is 5.32 Å². The van der Waals surface area contributed by atoms with E-state index < -0.39 is 0 Å². The number of hydrogen-bond acceptors (Lipinski definition) is 3. The van der Waals surface area contributed by atoms with E-state index in [1.54, 1.807) is 6.21 Å². The molecule has 1 N–H and O–H groups in total. The fraction of sp³-hybridized carbons (Fsp3) is 0.750. The molecule has 0 aliphatic rings. The van der Waals surface area contributed by atoms with Gasteiger partial charge in [0.1, 0.15) is 7.11 Å². The third-order valence-corrected chi connectivity index (χ3v) is 0.475. The van der Waals surface area contributed by atoms with Gasteiger partial charge in [-0.1, -0.05) is 5.16 Å². The Morgan fingerprint density at radius 3 is 3.00 bits per heavy atom. The molecule has 0 aromatic heterocycles. The third-order valence-electron chi connectivity index (χ3n) is 0.475. The molecule has 0 saturated carbocycles. The predicted octanol–water partition coefficient (Wildman–Crippen LogP) is -0.162. The lowest BCUT2D eigenvalue weighted by Crippen LogP contribution is -2.08. The Morgan fingerprint density at radius 2 is 2.57 bits per heavy atom. The van der Waals surface area contributed by atoms with Gasteiger partial charge in [0, 0.05) is 6.54 Å². The summed E-state index contributed by atoms with van der Waals surface area (Å²) in [5.74, 6) is 0. The number of nitrogens with zero attached hydrogens (tertiary/aromatic N) is 1. The molecule has 0 aliphatic carbocycles. The molecule has 0 amide bonds. The van der Waals surface area contributed by atoms with Crippen LogP contribution in [0.2, 0.25) is 0 Å². The lowest BCUT2D eigenvalue weighted by Gasteiger charge is -1.84. The highest BCUT2D eigenvalue weighted by Crippen LogP contribution is 1.59. The summed E-state index contributed by atoms with van der Waals surface area (Å²) >= 11 is 0. The van der Waals surface area contributed by atoms with Crippen molar-refractivity contribution in [2.75, 3.05) is 20.7 Å². The highest BCUT2D eigenvalue weighted by atomic mass is 16.6. The normalized spacial score (nSPS) is 10.0. The molecule has 0 radical (unpaired) electrons. The summed E-state index contributed by atoms with van der Waals surface area (Å²) in [6.45, 7) is 0.758. The van der Waals surface area contributed by atoms with Crippen LogP contribution in [0, 0.1) is 0 Å². The van der Waals surface area contributed by atoms with Crippen molar-refractivity contribution in [2.45, 2.75) is 0 Å². The molecule has 0 spiro atoms. The van der Waals surface area contributed by atoms with Gasteiger partial charge in [-0.3, -0.25) is 0 Å². The van der Waals surface area contributed by atoms with Crippen LogP contribution in [0.25, 0.3) is 0 Å². The molecule has 0 saturated heterocycles. The molecule has 3 heteroatoms. The van der Waals surface area contributed by atoms with Gasteiger partial charge in [0.2, 0.25) is 0 Å². The molecule has 0 fully saturated rings. The Hall–Kier alpha value is -0.570. The van der Waals surface area contributed by atoms with E-state index in [9.17, 15) is 0 Å². The summed E-state index contributed by atoms with van der Waals surface area (Å²) in [5, 5.41) is 6.35. The van der Waals surface area contributed by atoms with E-state index in [1.807, 2.05) is 7.05 Å². The highest BCUT2D eigenvalue weighted by Gasteiger charge is 1.66. The Morgan fingerprint density at radius 1 is 1.86 bits per heavy atom. The molecule has 42 valence electrons. The molecule has 0 aromatic carbocycles. The zero-order valence-corrected chi connectivity index (χ0v) is 4.64. The minimum absolute atomic E-state index is 0.758. The van der Waals surface area contributed by atoms with Crippen molar-refractivity contribution in [3.8, 4) is 0 Å². The first-order valence-corrected chi connectivity index (χ1v) is 2.11. The monoisotopic (exact) mass is 102 g/mol. The maximum atomic E-state index is 4.37. The predicted molar refractivity (Wildman–Crippen MR) is 29.4 cm³/mol. The molecule has 0 heterocycles. The number of hydrogen-bond donors (Lipinski definition) is 1. The Kier molecular flexibility index (Phi) is 4.99. The van der Waals surface area contributed by atoms with Crippen molar-refractivity contribution in [3.05, 3.63) is 0 Å². The van der Waals surface area contributed by atoms with E-state index >= 15 is 0 Å². The summed E-state index contributed by atoms with van der Waals surface area (Å²) in [6.07, 6.45) is 1.65. The maximum absolute atomic E-state index is 4.37. The molecule has 3 nitrogen and oxygen atoms in total. The zero-order valence-electron chi connectivity index (χ0n) is 4.64. The van der Waals surface area contributed by atoms with Gasteiger partial charge in [-0.15, -0.1) is 0 Å². The van der Waals surface area contributed by atoms with Crippen LogP contribution < -0.4 is 5.32 Å². The molecular weight excluding hydrogens is 92.1 g/mol. The highest BCUT2D eigenvalue weighted by molar-refractivity contribution is 5.58. The van der Waals surface area contributed by atoms with Gasteiger partial charge in [0.25, 0.3) is 0 Å². The van der Waals surface area contributed by atoms with E-state index in [2.05, 4.69) is 15.3 Å². The maximum Gasteiger partial charge on any atom is 0.106 e. The zero-order chi connectivity index (χ0) is 5.54. The van der Waals surface area contributed by atoms with Gasteiger partial charge in [-0.05, 0) is 7.05 Å². The van der Waals surface area contributed by atoms with Crippen LogP contribution in [0.1, 0.15) is 0 Å². The summed E-state index contributed by atoms with van der Waals surface area (Å²) < 4.78 is 0. The first-order chi connectivity index (χ1) is 3.41. The lowest BCUT2D eigenvalue weighted by atomic mass is 10.7. The Bertz CT molecular complexity index is 53.7. The molecule has 0 unspecified atom stereocenters. The van der Waals surface area contributed by atoms with Gasteiger partial charge in [-0.2, -0.15) is 0 Å². The van der Waals surface area contributed by atoms with E-state index in [4.69, 9.17) is 0 Å². The molecule has 0 rings (SSSR count). The molecule has 0 atom stereocenters. The van der Waals surface area contributed by atoms with Crippen molar-refractivity contribution >= 4 is 6.21 Å². The van der Waals surface area contributed by atoms with Gasteiger partial charge in [0.05, 0.1) is 6.21 Å². The van der Waals surface area contributed by atoms with E-state index in [0.29, 0.717) is 0 Å². The van der Waals surface area contributed by atoms with Crippen molar-refractivity contribution in [2.24, 2.45) is 5.16 Å². The average molecular weight is 102 g/mol. The van der Waals surface area contributed by atoms with Crippen LogP contribution >= 0.6 is 0 Å². The third kappa shape index (κ3) is 5.43. The first kappa shape index (κ1) is 6.43.